The molecule has 1 fully saturated rings. The molecule has 3 nitrogen and oxygen atoms in total. The van der Waals surface area contributed by atoms with E-state index in [-0.39, 0.29) is 0 Å². The topological polar surface area (TPSA) is 49.3 Å². The molecule has 0 heterocycles. The second-order valence-electron chi connectivity index (χ2n) is 5.03. The van der Waals surface area contributed by atoms with Crippen LogP contribution in [0, 0.1) is 5.92 Å². The van der Waals surface area contributed by atoms with Gasteiger partial charge in [-0.25, -0.2) is 0 Å². The highest BCUT2D eigenvalue weighted by molar-refractivity contribution is 5.66. The van der Waals surface area contributed by atoms with Gasteiger partial charge in [0.2, 0.25) is 0 Å². The van der Waals surface area contributed by atoms with Crippen LogP contribution < -0.4 is 5.32 Å². The highest BCUT2D eigenvalue weighted by atomic mass is 16.4. The van der Waals surface area contributed by atoms with Crippen molar-refractivity contribution in [1.29, 1.82) is 0 Å². The Labute approximate surface area is 98.6 Å². The molecule has 1 aliphatic carbocycles. The Morgan fingerprint density at radius 3 is 2.75 bits per heavy atom. The second-order valence-corrected chi connectivity index (χ2v) is 5.03. The molecule has 2 unspecified atom stereocenters. The number of nitrogens with one attached hydrogen (secondary N) is 1. The standard InChI is InChI=1S/C13H25NO2/c1-11-7-3-2-4-8-12(11)14-10-6-5-9-13(15)16/h11-12,14H,2-10H2,1H3,(H,15,16). The summed E-state index contributed by atoms with van der Waals surface area (Å²) in [6, 6.07) is 0.660. The molecular weight excluding hydrogens is 202 g/mol. The number of carboxylic acids is 1. The summed E-state index contributed by atoms with van der Waals surface area (Å²) in [6.07, 6.45) is 8.81. The molecule has 2 atom stereocenters. The van der Waals surface area contributed by atoms with Crippen LogP contribution in [0.5, 0.6) is 0 Å². The Morgan fingerprint density at radius 1 is 1.25 bits per heavy atom. The maximum Gasteiger partial charge on any atom is 0.303 e. The maximum absolute atomic E-state index is 10.3. The van der Waals surface area contributed by atoms with Crippen molar-refractivity contribution in [3.63, 3.8) is 0 Å². The molecule has 0 aromatic heterocycles. The highest BCUT2D eigenvalue weighted by Gasteiger charge is 2.18. The van der Waals surface area contributed by atoms with Crippen LogP contribution in [0.15, 0.2) is 0 Å². The summed E-state index contributed by atoms with van der Waals surface area (Å²) < 4.78 is 0. The van der Waals surface area contributed by atoms with Crippen molar-refractivity contribution in [1.82, 2.24) is 5.32 Å². The molecule has 0 radical (unpaired) electrons. The smallest absolute Gasteiger partial charge is 0.303 e. The fourth-order valence-corrected chi connectivity index (χ4v) is 2.48. The molecule has 1 aliphatic rings. The Morgan fingerprint density at radius 2 is 2.00 bits per heavy atom. The van der Waals surface area contributed by atoms with Crippen LogP contribution in [-0.2, 0) is 4.79 Å². The zero-order valence-electron chi connectivity index (χ0n) is 10.4. The van der Waals surface area contributed by atoms with Gasteiger partial charge in [0.05, 0.1) is 0 Å². The Balaban J connectivity index is 2.08. The molecule has 0 saturated heterocycles. The van der Waals surface area contributed by atoms with Gasteiger partial charge in [-0.15, -0.1) is 0 Å². The third kappa shape index (κ3) is 5.50. The number of aliphatic carboxylic acids is 1. The van der Waals surface area contributed by atoms with Gasteiger partial charge >= 0.3 is 5.97 Å². The first-order valence-electron chi connectivity index (χ1n) is 6.65. The number of unbranched alkanes of at least 4 members (excludes halogenated alkanes) is 1. The van der Waals surface area contributed by atoms with E-state index in [9.17, 15) is 4.79 Å². The third-order valence-electron chi connectivity index (χ3n) is 3.59. The Bertz CT molecular complexity index is 206. The molecule has 3 heteroatoms. The van der Waals surface area contributed by atoms with E-state index >= 15 is 0 Å². The van der Waals surface area contributed by atoms with Crippen molar-refractivity contribution in [3.8, 4) is 0 Å². The lowest BCUT2D eigenvalue weighted by molar-refractivity contribution is -0.137. The molecule has 0 spiro atoms. The first-order valence-corrected chi connectivity index (χ1v) is 6.65. The van der Waals surface area contributed by atoms with Gasteiger partial charge in [0.15, 0.2) is 0 Å². The van der Waals surface area contributed by atoms with Crippen molar-refractivity contribution >= 4 is 5.97 Å². The van der Waals surface area contributed by atoms with Gasteiger partial charge < -0.3 is 10.4 Å². The maximum atomic E-state index is 10.3. The molecule has 94 valence electrons. The van der Waals surface area contributed by atoms with Crippen LogP contribution in [0.2, 0.25) is 0 Å². The van der Waals surface area contributed by atoms with E-state index in [1.165, 1.54) is 32.1 Å². The summed E-state index contributed by atoms with van der Waals surface area (Å²) in [6.45, 7) is 3.31. The molecule has 1 saturated carbocycles. The van der Waals surface area contributed by atoms with Gasteiger partial charge in [0.25, 0.3) is 0 Å². The number of carbonyl (C=O) groups is 1. The van der Waals surface area contributed by atoms with Crippen molar-refractivity contribution < 1.29 is 9.90 Å². The van der Waals surface area contributed by atoms with Crippen molar-refractivity contribution in [2.75, 3.05) is 6.54 Å². The minimum Gasteiger partial charge on any atom is -0.481 e. The monoisotopic (exact) mass is 227 g/mol. The summed E-state index contributed by atoms with van der Waals surface area (Å²) in [4.78, 5) is 10.3. The Hall–Kier alpha value is -0.570. The normalized spacial score (nSPS) is 26.3. The summed E-state index contributed by atoms with van der Waals surface area (Å²) in [5, 5.41) is 12.1. The zero-order chi connectivity index (χ0) is 11.8. The van der Waals surface area contributed by atoms with Crippen LogP contribution >= 0.6 is 0 Å². The highest BCUT2D eigenvalue weighted by Crippen LogP contribution is 2.22. The van der Waals surface area contributed by atoms with Crippen molar-refractivity contribution in [3.05, 3.63) is 0 Å². The predicted molar refractivity (Wildman–Crippen MR) is 65.5 cm³/mol. The van der Waals surface area contributed by atoms with Gasteiger partial charge in [-0.3, -0.25) is 4.79 Å². The fourth-order valence-electron chi connectivity index (χ4n) is 2.48. The quantitative estimate of drug-likeness (QED) is 0.542. The van der Waals surface area contributed by atoms with E-state index in [0.717, 1.165) is 25.3 Å². The van der Waals surface area contributed by atoms with Crippen LogP contribution in [-0.4, -0.2) is 23.7 Å². The Kier molecular flexibility index (Phi) is 6.46. The molecule has 16 heavy (non-hydrogen) atoms. The van der Waals surface area contributed by atoms with E-state index in [2.05, 4.69) is 12.2 Å². The summed E-state index contributed by atoms with van der Waals surface area (Å²) in [5.41, 5.74) is 0. The third-order valence-corrected chi connectivity index (χ3v) is 3.59. The molecular formula is C13H25NO2. The van der Waals surface area contributed by atoms with Crippen LogP contribution in [0.4, 0.5) is 0 Å². The summed E-state index contributed by atoms with van der Waals surface area (Å²) in [7, 11) is 0. The number of rotatable bonds is 6. The average Bonchev–Trinajstić information content (AvgIpc) is 2.43. The van der Waals surface area contributed by atoms with E-state index in [0.29, 0.717) is 12.5 Å². The van der Waals surface area contributed by atoms with Crippen LogP contribution in [0.25, 0.3) is 0 Å². The largest absolute Gasteiger partial charge is 0.481 e. The average molecular weight is 227 g/mol. The molecule has 0 aromatic carbocycles. The SMILES string of the molecule is CC1CCCCCC1NCCCCC(=O)O. The van der Waals surface area contributed by atoms with Gasteiger partial charge in [0, 0.05) is 12.5 Å². The lowest BCUT2D eigenvalue weighted by atomic mass is 9.97. The molecule has 0 bridgehead atoms. The fraction of sp³-hybridized carbons (Fsp3) is 0.923. The van der Waals surface area contributed by atoms with Crippen molar-refractivity contribution in [2.45, 2.75) is 64.3 Å². The molecule has 0 amide bonds. The number of carboxylic acid groups (broad SMARTS) is 1. The van der Waals surface area contributed by atoms with Crippen LogP contribution in [0.1, 0.15) is 58.3 Å². The van der Waals surface area contributed by atoms with E-state index in [4.69, 9.17) is 5.11 Å². The molecule has 1 rings (SSSR count). The lowest BCUT2D eigenvalue weighted by Gasteiger charge is -2.22. The number of hydrogen-bond acceptors (Lipinski definition) is 2. The number of hydrogen-bond donors (Lipinski definition) is 2. The van der Waals surface area contributed by atoms with Crippen LogP contribution in [0.3, 0.4) is 0 Å². The lowest BCUT2D eigenvalue weighted by Crippen LogP contribution is -2.34. The predicted octanol–water partition coefficient (Wildman–Crippen LogP) is 2.80. The minimum absolute atomic E-state index is 0.307. The van der Waals surface area contributed by atoms with Gasteiger partial charge in [0.1, 0.15) is 0 Å². The van der Waals surface area contributed by atoms with E-state index in [1.54, 1.807) is 0 Å². The van der Waals surface area contributed by atoms with E-state index < -0.39 is 5.97 Å². The summed E-state index contributed by atoms with van der Waals surface area (Å²) >= 11 is 0. The zero-order valence-corrected chi connectivity index (χ0v) is 10.4. The second kappa shape index (κ2) is 7.66. The van der Waals surface area contributed by atoms with Gasteiger partial charge in [-0.1, -0.05) is 26.2 Å². The van der Waals surface area contributed by atoms with E-state index in [1.807, 2.05) is 0 Å². The molecule has 0 aromatic rings. The molecule has 2 N–H and O–H groups in total. The van der Waals surface area contributed by atoms with Crippen molar-refractivity contribution in [2.24, 2.45) is 5.92 Å². The first kappa shape index (κ1) is 13.5. The van der Waals surface area contributed by atoms with Gasteiger partial charge in [-0.2, -0.15) is 0 Å². The first-order chi connectivity index (χ1) is 7.70. The minimum atomic E-state index is -0.678. The summed E-state index contributed by atoms with van der Waals surface area (Å²) in [5.74, 6) is 0.102. The van der Waals surface area contributed by atoms with Gasteiger partial charge in [-0.05, 0) is 38.1 Å². The molecule has 0 aliphatic heterocycles.